The van der Waals surface area contributed by atoms with E-state index >= 15 is 0 Å². The lowest BCUT2D eigenvalue weighted by Crippen LogP contribution is -2.23. The number of aliphatic hydroxyl groups is 2. The number of carbonyl (C=O) groups excluding carboxylic acids is 1. The maximum atomic E-state index is 11.8. The molecule has 0 spiro atoms. The molecule has 0 aliphatic carbocycles. The van der Waals surface area contributed by atoms with Gasteiger partial charge in [-0.25, -0.2) is 4.79 Å². The number of aliphatic hydroxyl groups excluding tert-OH is 2. The smallest absolute Gasteiger partial charge is 0.405 e. The van der Waals surface area contributed by atoms with Crippen LogP contribution in [0.5, 0.6) is 0 Å². The molecule has 0 saturated carbocycles. The van der Waals surface area contributed by atoms with Crippen LogP contribution in [0.2, 0.25) is 0 Å². The van der Waals surface area contributed by atoms with E-state index in [4.69, 9.17) is 9.47 Å². The molecule has 0 radical (unpaired) electrons. The third kappa shape index (κ3) is 29.7. The first kappa shape index (κ1) is 37.2. The minimum atomic E-state index is -1.15. The maximum Gasteiger partial charge on any atom is 0.512 e. The van der Waals surface area contributed by atoms with Gasteiger partial charge in [-0.2, -0.15) is 0 Å². The van der Waals surface area contributed by atoms with Crippen molar-refractivity contribution in [1.29, 1.82) is 0 Å². The monoisotopic (exact) mass is 542 g/mol. The summed E-state index contributed by atoms with van der Waals surface area (Å²) in [7, 11) is 0. The highest BCUT2D eigenvalue weighted by Crippen LogP contribution is 2.15. The first-order chi connectivity index (χ1) is 18.6. The van der Waals surface area contributed by atoms with Gasteiger partial charge in [0.2, 0.25) is 12.6 Å². The SMILES string of the molecule is CCCCCCCCCCCCCCCC(O)OC(=O)OC(O)CCCCCCCCCCCCCCC. The highest BCUT2D eigenvalue weighted by Gasteiger charge is 2.16. The Labute approximate surface area is 236 Å². The zero-order valence-electron chi connectivity index (χ0n) is 25.6. The van der Waals surface area contributed by atoms with Gasteiger partial charge in [0.25, 0.3) is 0 Å². The van der Waals surface area contributed by atoms with Crippen LogP contribution in [0.4, 0.5) is 4.79 Å². The Bertz CT molecular complexity index is 430. The van der Waals surface area contributed by atoms with E-state index in [2.05, 4.69) is 13.8 Å². The summed E-state index contributed by atoms with van der Waals surface area (Å²) < 4.78 is 9.76. The molecule has 228 valence electrons. The summed E-state index contributed by atoms with van der Waals surface area (Å²) in [4.78, 5) is 11.8. The number of carbonyl (C=O) groups is 1. The molecule has 5 nitrogen and oxygen atoms in total. The second kappa shape index (κ2) is 30.7. The first-order valence-corrected chi connectivity index (χ1v) is 16.8. The van der Waals surface area contributed by atoms with Crippen molar-refractivity contribution in [3.05, 3.63) is 0 Å². The Kier molecular flexibility index (Phi) is 30.1. The van der Waals surface area contributed by atoms with Gasteiger partial charge in [0.15, 0.2) is 0 Å². The van der Waals surface area contributed by atoms with Crippen LogP contribution in [0.1, 0.15) is 194 Å². The Morgan fingerprint density at radius 1 is 0.421 bits per heavy atom. The molecule has 2 N–H and O–H groups in total. The summed E-state index contributed by atoms with van der Waals surface area (Å²) in [6, 6.07) is 0. The first-order valence-electron chi connectivity index (χ1n) is 16.8. The van der Waals surface area contributed by atoms with Crippen LogP contribution in [-0.4, -0.2) is 28.9 Å². The molecule has 0 aliphatic heterocycles. The van der Waals surface area contributed by atoms with Crippen LogP contribution in [0, 0.1) is 0 Å². The number of ether oxygens (including phenoxy) is 2. The molecule has 0 aromatic carbocycles. The summed E-state index contributed by atoms with van der Waals surface area (Å²) in [6.07, 6.45) is 30.5. The molecule has 38 heavy (non-hydrogen) atoms. The number of hydrogen-bond donors (Lipinski definition) is 2. The summed E-state index contributed by atoms with van der Waals surface area (Å²) >= 11 is 0. The molecule has 5 heteroatoms. The lowest BCUT2D eigenvalue weighted by atomic mass is 10.0. The molecule has 0 saturated heterocycles. The average molecular weight is 543 g/mol. The number of unbranched alkanes of at least 4 members (excludes halogenated alkanes) is 24. The minimum absolute atomic E-state index is 0.418. The standard InChI is InChI=1S/C33H66O5/c1-3-5-7-9-11-13-15-17-19-21-23-25-27-29-31(34)37-33(36)38-32(35)30-28-26-24-22-20-18-16-14-12-10-8-6-4-2/h31-32,34-35H,3-30H2,1-2H3. The van der Waals surface area contributed by atoms with Crippen molar-refractivity contribution in [3.8, 4) is 0 Å². The van der Waals surface area contributed by atoms with E-state index < -0.39 is 18.7 Å². The lowest BCUT2D eigenvalue weighted by Gasteiger charge is -2.15. The van der Waals surface area contributed by atoms with Crippen LogP contribution in [-0.2, 0) is 9.47 Å². The van der Waals surface area contributed by atoms with Crippen molar-refractivity contribution in [2.24, 2.45) is 0 Å². The molecule has 0 heterocycles. The predicted molar refractivity (Wildman–Crippen MR) is 160 cm³/mol. The molecule has 2 atom stereocenters. The fourth-order valence-corrected chi connectivity index (χ4v) is 5.04. The van der Waals surface area contributed by atoms with Gasteiger partial charge in [-0.3, -0.25) is 0 Å². The fourth-order valence-electron chi connectivity index (χ4n) is 5.04. The molecule has 0 rings (SSSR count). The fraction of sp³-hybridized carbons (Fsp3) is 0.970. The van der Waals surface area contributed by atoms with Crippen molar-refractivity contribution >= 4 is 6.16 Å². The average Bonchev–Trinajstić information content (AvgIpc) is 2.89. The van der Waals surface area contributed by atoms with E-state index in [-0.39, 0.29) is 0 Å². The van der Waals surface area contributed by atoms with Crippen molar-refractivity contribution in [2.45, 2.75) is 206 Å². The lowest BCUT2D eigenvalue weighted by molar-refractivity contribution is -0.129. The Balaban J connectivity index is 3.41. The second-order valence-electron chi connectivity index (χ2n) is 11.5. The van der Waals surface area contributed by atoms with E-state index in [1.54, 1.807) is 0 Å². The van der Waals surface area contributed by atoms with E-state index in [1.165, 1.54) is 128 Å². The van der Waals surface area contributed by atoms with Gasteiger partial charge in [0.1, 0.15) is 0 Å². The van der Waals surface area contributed by atoms with Crippen LogP contribution in [0.25, 0.3) is 0 Å². The van der Waals surface area contributed by atoms with E-state index in [0.29, 0.717) is 12.8 Å². The van der Waals surface area contributed by atoms with Gasteiger partial charge in [-0.1, -0.05) is 168 Å². The largest absolute Gasteiger partial charge is 0.512 e. The van der Waals surface area contributed by atoms with E-state index in [9.17, 15) is 15.0 Å². The quantitative estimate of drug-likeness (QED) is 0.0536. The molecule has 0 fully saturated rings. The van der Waals surface area contributed by atoms with E-state index in [1.807, 2.05) is 0 Å². The molecular weight excluding hydrogens is 476 g/mol. The van der Waals surface area contributed by atoms with Gasteiger partial charge >= 0.3 is 6.16 Å². The van der Waals surface area contributed by atoms with Crippen molar-refractivity contribution < 1.29 is 24.5 Å². The van der Waals surface area contributed by atoms with Crippen molar-refractivity contribution in [2.75, 3.05) is 0 Å². The summed E-state index contributed by atoms with van der Waals surface area (Å²) in [5.74, 6) is 0. The molecule has 2 unspecified atom stereocenters. The third-order valence-corrected chi connectivity index (χ3v) is 7.57. The van der Waals surface area contributed by atoms with Gasteiger partial charge < -0.3 is 19.7 Å². The number of rotatable bonds is 30. The molecule has 0 aliphatic rings. The summed E-state index contributed by atoms with van der Waals surface area (Å²) in [5, 5.41) is 19.8. The molecule has 0 aromatic heterocycles. The maximum absolute atomic E-state index is 11.8. The van der Waals surface area contributed by atoms with Crippen LogP contribution >= 0.6 is 0 Å². The Hall–Kier alpha value is -0.810. The van der Waals surface area contributed by atoms with Gasteiger partial charge in [0, 0.05) is 12.8 Å². The van der Waals surface area contributed by atoms with Crippen LogP contribution in [0.15, 0.2) is 0 Å². The summed E-state index contributed by atoms with van der Waals surface area (Å²) in [6.45, 7) is 4.52. The Morgan fingerprint density at radius 2 is 0.632 bits per heavy atom. The minimum Gasteiger partial charge on any atom is -0.405 e. The Morgan fingerprint density at radius 3 is 0.868 bits per heavy atom. The van der Waals surface area contributed by atoms with Crippen LogP contribution in [0.3, 0.4) is 0 Å². The van der Waals surface area contributed by atoms with E-state index in [0.717, 1.165) is 38.5 Å². The third-order valence-electron chi connectivity index (χ3n) is 7.57. The predicted octanol–water partition coefficient (Wildman–Crippen LogP) is 10.7. The van der Waals surface area contributed by atoms with Crippen molar-refractivity contribution in [1.82, 2.24) is 0 Å². The van der Waals surface area contributed by atoms with Gasteiger partial charge in [-0.05, 0) is 12.8 Å². The molecule has 0 aromatic rings. The zero-order chi connectivity index (χ0) is 27.9. The van der Waals surface area contributed by atoms with Crippen molar-refractivity contribution in [3.63, 3.8) is 0 Å². The van der Waals surface area contributed by atoms with Gasteiger partial charge in [0.05, 0.1) is 0 Å². The second-order valence-corrected chi connectivity index (χ2v) is 11.5. The molecular formula is C33H66O5. The molecule has 0 bridgehead atoms. The van der Waals surface area contributed by atoms with Crippen LogP contribution < -0.4 is 0 Å². The highest BCUT2D eigenvalue weighted by molar-refractivity contribution is 5.60. The topological polar surface area (TPSA) is 76.0 Å². The normalized spacial score (nSPS) is 12.9. The molecule has 0 amide bonds. The summed E-state index contributed by atoms with van der Waals surface area (Å²) in [5.41, 5.74) is 0. The number of hydrogen-bond acceptors (Lipinski definition) is 5. The highest BCUT2D eigenvalue weighted by atomic mass is 16.8. The van der Waals surface area contributed by atoms with Gasteiger partial charge in [-0.15, -0.1) is 0 Å². The zero-order valence-corrected chi connectivity index (χ0v) is 25.6.